The van der Waals surface area contributed by atoms with E-state index in [0.29, 0.717) is 5.69 Å². The molecule has 1 unspecified atom stereocenters. The Hall–Kier alpha value is -0.640. The molecule has 0 aliphatic rings. The van der Waals surface area contributed by atoms with Gasteiger partial charge in [0.15, 0.2) is 0 Å². The van der Waals surface area contributed by atoms with Crippen molar-refractivity contribution in [1.29, 1.82) is 0 Å². The standard InChI is InChI=1S/C10H12BrF2N/c1-6-3-4-8(5-9(6)11)14-7(2)10(12)13/h3-5,7,10,14H,1-2H3. The van der Waals surface area contributed by atoms with E-state index >= 15 is 0 Å². The van der Waals surface area contributed by atoms with E-state index < -0.39 is 12.5 Å². The van der Waals surface area contributed by atoms with Crippen molar-refractivity contribution in [3.8, 4) is 0 Å². The van der Waals surface area contributed by atoms with Gasteiger partial charge in [-0.25, -0.2) is 8.78 Å². The zero-order valence-corrected chi connectivity index (χ0v) is 9.61. The lowest BCUT2D eigenvalue weighted by Gasteiger charge is -2.14. The minimum absolute atomic E-state index is 0.704. The first-order chi connectivity index (χ1) is 6.50. The number of hydrogen-bond acceptors (Lipinski definition) is 1. The Balaban J connectivity index is 2.73. The van der Waals surface area contributed by atoms with Gasteiger partial charge in [-0.05, 0) is 31.5 Å². The van der Waals surface area contributed by atoms with Gasteiger partial charge in [0.25, 0.3) is 6.43 Å². The quantitative estimate of drug-likeness (QED) is 0.875. The molecule has 14 heavy (non-hydrogen) atoms. The molecule has 1 N–H and O–H groups in total. The third kappa shape index (κ3) is 2.94. The van der Waals surface area contributed by atoms with E-state index in [9.17, 15) is 8.78 Å². The predicted octanol–water partition coefficient (Wildman–Crippen LogP) is 3.82. The second-order valence-corrected chi connectivity index (χ2v) is 4.09. The molecule has 1 nitrogen and oxygen atoms in total. The van der Waals surface area contributed by atoms with Crippen molar-refractivity contribution >= 4 is 21.6 Å². The van der Waals surface area contributed by atoms with Crippen LogP contribution in [0.2, 0.25) is 0 Å². The van der Waals surface area contributed by atoms with E-state index in [2.05, 4.69) is 21.2 Å². The molecule has 0 fully saturated rings. The van der Waals surface area contributed by atoms with Gasteiger partial charge in [0.1, 0.15) is 0 Å². The van der Waals surface area contributed by atoms with Crippen LogP contribution >= 0.6 is 15.9 Å². The fourth-order valence-corrected chi connectivity index (χ4v) is 1.39. The Kier molecular flexibility index (Phi) is 3.86. The van der Waals surface area contributed by atoms with Crippen LogP contribution in [-0.2, 0) is 0 Å². The molecule has 0 aliphatic carbocycles. The topological polar surface area (TPSA) is 12.0 Å². The lowest BCUT2D eigenvalue weighted by Crippen LogP contribution is -2.23. The number of nitrogens with one attached hydrogen (secondary N) is 1. The number of aryl methyl sites for hydroxylation is 1. The molecule has 0 spiro atoms. The third-order valence-corrected chi connectivity index (χ3v) is 2.80. The lowest BCUT2D eigenvalue weighted by molar-refractivity contribution is 0.131. The highest BCUT2D eigenvalue weighted by Gasteiger charge is 2.13. The summed E-state index contributed by atoms with van der Waals surface area (Å²) in [6, 6.07) is 4.64. The van der Waals surface area contributed by atoms with Crippen molar-refractivity contribution in [3.63, 3.8) is 0 Å². The summed E-state index contributed by atoms with van der Waals surface area (Å²) in [4.78, 5) is 0. The van der Waals surface area contributed by atoms with Crippen LogP contribution in [0.3, 0.4) is 0 Å². The molecule has 1 aromatic rings. The monoisotopic (exact) mass is 263 g/mol. The number of halogens is 3. The second kappa shape index (κ2) is 4.73. The van der Waals surface area contributed by atoms with Crippen molar-refractivity contribution in [3.05, 3.63) is 28.2 Å². The van der Waals surface area contributed by atoms with E-state index in [0.717, 1.165) is 10.0 Å². The van der Waals surface area contributed by atoms with E-state index in [-0.39, 0.29) is 0 Å². The Bertz CT molecular complexity index is 315. The molecule has 78 valence electrons. The highest BCUT2D eigenvalue weighted by atomic mass is 79.9. The molecule has 0 amide bonds. The van der Waals surface area contributed by atoms with Crippen LogP contribution < -0.4 is 5.32 Å². The molecule has 0 radical (unpaired) electrons. The van der Waals surface area contributed by atoms with Crippen molar-refractivity contribution < 1.29 is 8.78 Å². The van der Waals surface area contributed by atoms with Crippen molar-refractivity contribution in [2.45, 2.75) is 26.3 Å². The Morgan fingerprint density at radius 2 is 2.00 bits per heavy atom. The van der Waals surface area contributed by atoms with Crippen molar-refractivity contribution in [1.82, 2.24) is 0 Å². The fraction of sp³-hybridized carbons (Fsp3) is 0.400. The van der Waals surface area contributed by atoms with Crippen molar-refractivity contribution in [2.75, 3.05) is 5.32 Å². The Morgan fingerprint density at radius 1 is 1.36 bits per heavy atom. The first-order valence-electron chi connectivity index (χ1n) is 4.31. The van der Waals surface area contributed by atoms with Gasteiger partial charge in [0.05, 0.1) is 6.04 Å². The molecule has 1 rings (SSSR count). The Morgan fingerprint density at radius 3 is 2.50 bits per heavy atom. The van der Waals surface area contributed by atoms with Crippen LogP contribution in [0.5, 0.6) is 0 Å². The summed E-state index contributed by atoms with van der Waals surface area (Å²) in [6.45, 7) is 3.41. The average molecular weight is 264 g/mol. The minimum Gasteiger partial charge on any atom is -0.377 e. The summed E-state index contributed by atoms with van der Waals surface area (Å²) in [5.74, 6) is 0. The van der Waals surface area contributed by atoms with E-state index in [4.69, 9.17) is 0 Å². The van der Waals surface area contributed by atoms with Gasteiger partial charge in [0, 0.05) is 10.2 Å². The molecule has 0 aromatic heterocycles. The second-order valence-electron chi connectivity index (χ2n) is 3.23. The fourth-order valence-electron chi connectivity index (χ4n) is 1.01. The van der Waals surface area contributed by atoms with Crippen LogP contribution in [0.15, 0.2) is 22.7 Å². The molecule has 4 heteroatoms. The summed E-state index contributed by atoms with van der Waals surface area (Å²) >= 11 is 3.35. The van der Waals surface area contributed by atoms with Gasteiger partial charge in [-0.2, -0.15) is 0 Å². The minimum atomic E-state index is -2.35. The summed E-state index contributed by atoms with van der Waals surface area (Å²) in [5, 5.41) is 2.73. The molecule has 0 heterocycles. The maximum absolute atomic E-state index is 12.2. The van der Waals surface area contributed by atoms with Gasteiger partial charge >= 0.3 is 0 Å². The predicted molar refractivity (Wildman–Crippen MR) is 58.0 cm³/mol. The van der Waals surface area contributed by atoms with E-state index in [1.165, 1.54) is 6.92 Å². The number of benzene rings is 1. The van der Waals surface area contributed by atoms with Crippen LogP contribution in [-0.4, -0.2) is 12.5 Å². The van der Waals surface area contributed by atoms with Crippen LogP contribution in [0.25, 0.3) is 0 Å². The summed E-state index contributed by atoms with van der Waals surface area (Å²) in [7, 11) is 0. The number of anilines is 1. The van der Waals surface area contributed by atoms with Crippen LogP contribution in [0.1, 0.15) is 12.5 Å². The highest BCUT2D eigenvalue weighted by molar-refractivity contribution is 9.10. The largest absolute Gasteiger partial charge is 0.377 e. The lowest BCUT2D eigenvalue weighted by atomic mass is 10.2. The first-order valence-corrected chi connectivity index (χ1v) is 5.11. The number of alkyl halides is 2. The van der Waals surface area contributed by atoms with Gasteiger partial charge in [-0.15, -0.1) is 0 Å². The van der Waals surface area contributed by atoms with Crippen LogP contribution in [0.4, 0.5) is 14.5 Å². The molecular weight excluding hydrogens is 252 g/mol. The maximum atomic E-state index is 12.2. The van der Waals surface area contributed by atoms with E-state index in [1.54, 1.807) is 12.1 Å². The zero-order valence-electron chi connectivity index (χ0n) is 8.02. The zero-order chi connectivity index (χ0) is 10.7. The number of hydrogen-bond donors (Lipinski definition) is 1. The van der Waals surface area contributed by atoms with Gasteiger partial charge < -0.3 is 5.32 Å². The molecule has 1 aromatic carbocycles. The molecule has 0 bridgehead atoms. The third-order valence-electron chi connectivity index (χ3n) is 1.94. The van der Waals surface area contributed by atoms with Gasteiger partial charge in [-0.1, -0.05) is 22.0 Å². The molecule has 0 saturated heterocycles. The first kappa shape index (κ1) is 11.4. The highest BCUT2D eigenvalue weighted by Crippen LogP contribution is 2.21. The normalized spacial score (nSPS) is 13.0. The summed E-state index contributed by atoms with van der Waals surface area (Å²) in [6.07, 6.45) is -2.35. The molecular formula is C10H12BrF2N. The van der Waals surface area contributed by atoms with Crippen molar-refractivity contribution in [2.24, 2.45) is 0 Å². The SMILES string of the molecule is Cc1ccc(NC(C)C(F)F)cc1Br. The maximum Gasteiger partial charge on any atom is 0.258 e. The molecule has 0 aliphatic heterocycles. The van der Waals surface area contributed by atoms with Gasteiger partial charge in [0.2, 0.25) is 0 Å². The average Bonchev–Trinajstić information content (AvgIpc) is 2.11. The Labute approximate surface area is 90.6 Å². The van der Waals surface area contributed by atoms with Gasteiger partial charge in [-0.3, -0.25) is 0 Å². The molecule has 0 saturated carbocycles. The number of rotatable bonds is 3. The summed E-state index contributed by atoms with van der Waals surface area (Å²) in [5.41, 5.74) is 1.79. The van der Waals surface area contributed by atoms with Crippen LogP contribution in [0, 0.1) is 6.92 Å². The smallest absolute Gasteiger partial charge is 0.258 e. The van der Waals surface area contributed by atoms with E-state index in [1.807, 2.05) is 13.0 Å². The summed E-state index contributed by atoms with van der Waals surface area (Å²) < 4.78 is 25.4. The molecule has 1 atom stereocenters.